The molecule has 1 atom stereocenters. The van der Waals surface area contributed by atoms with Gasteiger partial charge in [-0.1, -0.05) is 13.8 Å². The van der Waals surface area contributed by atoms with Crippen LogP contribution in [0.15, 0.2) is 12.3 Å². The van der Waals surface area contributed by atoms with E-state index >= 15 is 0 Å². The fourth-order valence-electron chi connectivity index (χ4n) is 5.76. The highest BCUT2D eigenvalue weighted by Crippen LogP contribution is 2.39. The van der Waals surface area contributed by atoms with Gasteiger partial charge in [0.25, 0.3) is 0 Å². The summed E-state index contributed by atoms with van der Waals surface area (Å²) < 4.78 is 12.0. The molecular formula is C29H45N7O2S2. The van der Waals surface area contributed by atoms with E-state index < -0.39 is 0 Å². The molecule has 1 unspecified atom stereocenters. The van der Waals surface area contributed by atoms with Gasteiger partial charge in [0.15, 0.2) is 0 Å². The maximum absolute atomic E-state index is 6.24. The van der Waals surface area contributed by atoms with Crippen LogP contribution in [0, 0.1) is 6.92 Å². The van der Waals surface area contributed by atoms with Crippen molar-refractivity contribution in [2.24, 2.45) is 0 Å². The molecule has 6 rings (SSSR count). The monoisotopic (exact) mass is 587 g/mol. The Morgan fingerprint density at radius 1 is 1.10 bits per heavy atom. The molecule has 3 saturated heterocycles. The lowest BCUT2D eigenvalue weighted by Crippen LogP contribution is -2.37. The Morgan fingerprint density at radius 2 is 1.82 bits per heavy atom. The lowest BCUT2D eigenvalue weighted by Gasteiger charge is -2.27. The molecule has 6 heterocycles. The standard InChI is InChI=1S/C26H35N7O2S.C2H6.CH4S/c1-17-20(16-31-8-5-19(15-31)32-6-3-4-7-32)23-24(36-17)22(18-13-21(27)25(34-2)28-14-18)29-26(30-23)33-9-11-35-12-10-33;2*1-2/h13-14,19H,3-12,15-16,27H2,1-2H3;1-2H3;2H,1H3. The van der Waals surface area contributed by atoms with Gasteiger partial charge in [0.1, 0.15) is 0 Å². The number of pyridine rings is 1. The first-order chi connectivity index (χ1) is 19.6. The van der Waals surface area contributed by atoms with Crippen LogP contribution in [0.3, 0.4) is 0 Å². The van der Waals surface area contributed by atoms with Crippen molar-refractivity contribution >= 4 is 45.8 Å². The second kappa shape index (κ2) is 14.6. The molecule has 0 amide bonds. The Labute approximate surface area is 248 Å². The summed E-state index contributed by atoms with van der Waals surface area (Å²) >= 11 is 5.30. The van der Waals surface area contributed by atoms with Crippen LogP contribution in [0.4, 0.5) is 11.6 Å². The summed E-state index contributed by atoms with van der Waals surface area (Å²) in [6.07, 6.45) is 7.45. The summed E-state index contributed by atoms with van der Waals surface area (Å²) in [6, 6.07) is 2.60. The summed E-state index contributed by atoms with van der Waals surface area (Å²) in [5.41, 5.74) is 10.9. The predicted octanol–water partition coefficient (Wildman–Crippen LogP) is 4.73. The average Bonchev–Trinajstić information content (AvgIpc) is 3.77. The van der Waals surface area contributed by atoms with Crippen LogP contribution in [0.5, 0.6) is 5.88 Å². The number of hydrogen-bond acceptors (Lipinski definition) is 11. The minimum absolute atomic E-state index is 0.432. The molecule has 3 aromatic rings. The molecule has 0 aliphatic carbocycles. The van der Waals surface area contributed by atoms with E-state index in [9.17, 15) is 0 Å². The van der Waals surface area contributed by atoms with Crippen LogP contribution in [0.2, 0.25) is 0 Å². The molecule has 0 saturated carbocycles. The van der Waals surface area contributed by atoms with E-state index in [1.165, 1.54) is 42.8 Å². The molecule has 2 N–H and O–H groups in total. The number of nitrogens with zero attached hydrogens (tertiary/aromatic N) is 6. The number of nitrogen functional groups attached to an aromatic ring is 1. The first-order valence-corrected chi connectivity index (χ1v) is 16.2. The number of thiol groups is 1. The van der Waals surface area contributed by atoms with Crippen molar-refractivity contribution in [1.29, 1.82) is 0 Å². The number of anilines is 2. The molecule has 3 aliphatic heterocycles. The molecule has 11 heteroatoms. The van der Waals surface area contributed by atoms with E-state index in [0.717, 1.165) is 60.1 Å². The van der Waals surface area contributed by atoms with Crippen LogP contribution >= 0.6 is 24.0 Å². The number of aromatic nitrogens is 3. The number of morpholine rings is 1. The molecule has 0 spiro atoms. The number of ether oxygens (including phenoxy) is 2. The van der Waals surface area contributed by atoms with Gasteiger partial charge in [0.2, 0.25) is 11.8 Å². The summed E-state index contributed by atoms with van der Waals surface area (Å²) in [5, 5.41) is 0. The van der Waals surface area contributed by atoms with Gasteiger partial charge < -0.3 is 20.1 Å². The number of rotatable bonds is 6. The van der Waals surface area contributed by atoms with Crippen molar-refractivity contribution in [2.45, 2.75) is 52.6 Å². The molecule has 3 fully saturated rings. The smallest absolute Gasteiger partial charge is 0.236 e. The van der Waals surface area contributed by atoms with Gasteiger partial charge in [-0.05, 0) is 51.6 Å². The maximum atomic E-state index is 6.24. The zero-order valence-electron chi connectivity index (χ0n) is 24.6. The maximum Gasteiger partial charge on any atom is 0.236 e. The molecule has 220 valence electrons. The van der Waals surface area contributed by atoms with Crippen molar-refractivity contribution in [3.05, 3.63) is 22.7 Å². The van der Waals surface area contributed by atoms with Gasteiger partial charge in [-0.2, -0.15) is 12.6 Å². The molecule has 40 heavy (non-hydrogen) atoms. The third kappa shape index (κ3) is 6.65. The molecule has 0 bridgehead atoms. The topological polar surface area (TPSA) is 92.9 Å². The lowest BCUT2D eigenvalue weighted by atomic mass is 10.1. The SMILES string of the molecule is CC.COc1ncc(-c2nc(N3CCOCC3)nc3c(CN4CCC(N5CCCC5)C4)c(C)sc23)cc1N.CS. The minimum atomic E-state index is 0.432. The summed E-state index contributed by atoms with van der Waals surface area (Å²) in [4.78, 5) is 23.5. The Hall–Kier alpha value is -2.18. The van der Waals surface area contributed by atoms with Crippen molar-refractivity contribution < 1.29 is 9.47 Å². The Kier molecular flexibility index (Phi) is 11.3. The van der Waals surface area contributed by atoms with Gasteiger partial charge in [0, 0.05) is 61.0 Å². The van der Waals surface area contributed by atoms with Crippen molar-refractivity contribution in [3.8, 4) is 17.1 Å². The molecule has 9 nitrogen and oxygen atoms in total. The molecule has 0 aromatic carbocycles. The van der Waals surface area contributed by atoms with Crippen molar-refractivity contribution in [1.82, 2.24) is 24.8 Å². The fourth-order valence-corrected chi connectivity index (χ4v) is 6.88. The number of likely N-dealkylation sites (tertiary alicyclic amines) is 2. The minimum Gasteiger partial charge on any atom is -0.480 e. The van der Waals surface area contributed by atoms with Gasteiger partial charge in [-0.25, -0.2) is 15.0 Å². The lowest BCUT2D eigenvalue weighted by molar-refractivity contribution is 0.122. The van der Waals surface area contributed by atoms with Crippen molar-refractivity contribution in [3.63, 3.8) is 0 Å². The van der Waals surface area contributed by atoms with E-state index in [1.54, 1.807) is 30.9 Å². The second-order valence-corrected chi connectivity index (χ2v) is 11.3. The first kappa shape index (κ1) is 30.8. The Balaban J connectivity index is 0.000000886. The zero-order valence-corrected chi connectivity index (χ0v) is 26.4. The summed E-state index contributed by atoms with van der Waals surface area (Å²) in [5.74, 6) is 1.19. The number of hydrogen-bond donors (Lipinski definition) is 2. The molecule has 0 radical (unpaired) electrons. The van der Waals surface area contributed by atoms with E-state index in [-0.39, 0.29) is 0 Å². The number of thiophene rings is 1. The highest BCUT2D eigenvalue weighted by atomic mass is 32.1. The average molecular weight is 588 g/mol. The zero-order chi connectivity index (χ0) is 28.6. The largest absolute Gasteiger partial charge is 0.480 e. The van der Waals surface area contributed by atoms with E-state index in [4.69, 9.17) is 25.2 Å². The highest BCUT2D eigenvalue weighted by molar-refractivity contribution is 7.79. The predicted molar refractivity (Wildman–Crippen MR) is 170 cm³/mol. The van der Waals surface area contributed by atoms with Gasteiger partial charge >= 0.3 is 0 Å². The van der Waals surface area contributed by atoms with Crippen LogP contribution in [-0.2, 0) is 11.3 Å². The van der Waals surface area contributed by atoms with Crippen molar-refractivity contribution in [2.75, 3.05) is 76.5 Å². The van der Waals surface area contributed by atoms with E-state index in [1.807, 2.05) is 19.9 Å². The summed E-state index contributed by atoms with van der Waals surface area (Å²) in [6.45, 7) is 14.9. The quantitative estimate of drug-likeness (QED) is 0.397. The summed E-state index contributed by atoms with van der Waals surface area (Å²) in [7, 11) is 1.58. The Bertz CT molecular complexity index is 1240. The third-order valence-corrected chi connectivity index (χ3v) is 8.89. The van der Waals surface area contributed by atoms with E-state index in [2.05, 4.69) is 39.2 Å². The van der Waals surface area contributed by atoms with Gasteiger partial charge in [-0.3, -0.25) is 9.80 Å². The third-order valence-electron chi connectivity index (χ3n) is 7.75. The van der Waals surface area contributed by atoms with E-state index in [0.29, 0.717) is 30.8 Å². The van der Waals surface area contributed by atoms with Crippen LogP contribution in [0.1, 0.15) is 43.6 Å². The van der Waals surface area contributed by atoms with Gasteiger partial charge in [-0.15, -0.1) is 11.3 Å². The highest BCUT2D eigenvalue weighted by Gasteiger charge is 2.30. The van der Waals surface area contributed by atoms with Crippen LogP contribution in [-0.4, -0.2) is 96.6 Å². The normalized spacial score (nSPS) is 19.8. The van der Waals surface area contributed by atoms with Crippen LogP contribution < -0.4 is 15.4 Å². The molecular weight excluding hydrogens is 543 g/mol. The fraction of sp³-hybridized carbons (Fsp3) is 0.621. The molecule has 3 aliphatic rings. The Morgan fingerprint density at radius 3 is 2.50 bits per heavy atom. The number of fused-ring (bicyclic) bond motifs is 1. The second-order valence-electron chi connectivity index (χ2n) is 10.0. The molecule has 3 aromatic heterocycles. The van der Waals surface area contributed by atoms with Crippen LogP contribution in [0.25, 0.3) is 21.5 Å². The number of aryl methyl sites for hydroxylation is 1. The number of methoxy groups -OCH3 is 1. The van der Waals surface area contributed by atoms with Gasteiger partial charge in [0.05, 0.1) is 41.9 Å². The number of nitrogens with two attached hydrogens (primary N) is 1. The first-order valence-electron chi connectivity index (χ1n) is 14.4.